The van der Waals surface area contributed by atoms with E-state index in [1.165, 1.54) is 12.8 Å². The maximum atomic E-state index is 8.53. The van der Waals surface area contributed by atoms with Crippen molar-refractivity contribution in [1.82, 2.24) is 0 Å². The van der Waals surface area contributed by atoms with E-state index in [9.17, 15) is 0 Å². The van der Waals surface area contributed by atoms with Crippen molar-refractivity contribution in [2.75, 3.05) is 19.8 Å². The molecule has 1 N–H and O–H groups in total. The molecule has 0 rings (SSSR count). The van der Waals surface area contributed by atoms with Crippen molar-refractivity contribution in [1.29, 1.82) is 0 Å². The summed E-state index contributed by atoms with van der Waals surface area (Å²) in [5, 5.41) is 8.53. The zero-order valence-electron chi connectivity index (χ0n) is 9.37. The lowest BCUT2D eigenvalue weighted by Gasteiger charge is -2.02. The molecule has 0 bridgehead atoms. The molecule has 0 fully saturated rings. The molecule has 0 saturated carbocycles. The maximum absolute atomic E-state index is 8.53. The van der Waals surface area contributed by atoms with Gasteiger partial charge in [0.25, 0.3) is 0 Å². The van der Waals surface area contributed by atoms with Gasteiger partial charge in [0.1, 0.15) is 0 Å². The Kier molecular flexibility index (Phi) is 12.4. The molecule has 0 aliphatic rings. The number of hydrogen-bond donors (Lipinski definition) is 1. The van der Waals surface area contributed by atoms with Gasteiger partial charge in [-0.25, -0.2) is 0 Å². The first-order valence-electron chi connectivity index (χ1n) is 5.75. The number of hydrogen-bond acceptors (Lipinski definition) is 2. The predicted molar refractivity (Wildman–Crippen MR) is 60.4 cm³/mol. The van der Waals surface area contributed by atoms with E-state index >= 15 is 0 Å². The number of rotatable bonds is 10. The van der Waals surface area contributed by atoms with E-state index in [4.69, 9.17) is 9.84 Å². The van der Waals surface area contributed by atoms with Crippen molar-refractivity contribution in [2.45, 2.75) is 45.4 Å². The Morgan fingerprint density at radius 1 is 1.00 bits per heavy atom. The molecule has 84 valence electrons. The number of aliphatic hydroxyl groups is 1. The van der Waals surface area contributed by atoms with Gasteiger partial charge in [-0.15, -0.1) is 0 Å². The van der Waals surface area contributed by atoms with Crippen LogP contribution >= 0.6 is 0 Å². The van der Waals surface area contributed by atoms with Gasteiger partial charge < -0.3 is 9.84 Å². The van der Waals surface area contributed by atoms with Crippen LogP contribution < -0.4 is 0 Å². The monoisotopic (exact) mass is 200 g/mol. The summed E-state index contributed by atoms with van der Waals surface area (Å²) in [6.07, 6.45) is 11.0. The van der Waals surface area contributed by atoms with Gasteiger partial charge in [-0.1, -0.05) is 19.1 Å². The largest absolute Gasteiger partial charge is 0.396 e. The van der Waals surface area contributed by atoms with Gasteiger partial charge in [-0.05, 0) is 38.5 Å². The number of aliphatic hydroxyl groups excluding tert-OH is 1. The lowest BCUT2D eigenvalue weighted by atomic mass is 10.2. The van der Waals surface area contributed by atoms with Crippen LogP contribution in [-0.4, -0.2) is 24.9 Å². The summed E-state index contributed by atoms with van der Waals surface area (Å²) in [5.74, 6) is 0. The molecule has 0 aliphatic heterocycles. The zero-order chi connectivity index (χ0) is 10.5. The van der Waals surface area contributed by atoms with Gasteiger partial charge in [0, 0.05) is 19.8 Å². The molecule has 0 aromatic rings. The van der Waals surface area contributed by atoms with Crippen LogP contribution in [0.1, 0.15) is 45.4 Å². The van der Waals surface area contributed by atoms with Crippen molar-refractivity contribution >= 4 is 0 Å². The van der Waals surface area contributed by atoms with Crippen molar-refractivity contribution < 1.29 is 9.84 Å². The molecule has 2 heteroatoms. The Bertz CT molecular complexity index is 121. The molecule has 0 radical (unpaired) electrons. The average Bonchev–Trinajstić information content (AvgIpc) is 2.21. The topological polar surface area (TPSA) is 29.5 Å². The van der Waals surface area contributed by atoms with Crippen molar-refractivity contribution in [3.63, 3.8) is 0 Å². The molecule has 0 saturated heterocycles. The summed E-state index contributed by atoms with van der Waals surface area (Å²) in [6, 6.07) is 0. The second-order valence-corrected chi connectivity index (χ2v) is 3.42. The first-order valence-corrected chi connectivity index (χ1v) is 5.75. The highest BCUT2D eigenvalue weighted by Gasteiger charge is 1.89. The van der Waals surface area contributed by atoms with Crippen LogP contribution in [-0.2, 0) is 4.74 Å². The van der Waals surface area contributed by atoms with Crippen molar-refractivity contribution in [2.24, 2.45) is 0 Å². The first kappa shape index (κ1) is 13.7. The molecule has 0 aromatic carbocycles. The third-order valence-electron chi connectivity index (χ3n) is 2.01. The summed E-state index contributed by atoms with van der Waals surface area (Å²) >= 11 is 0. The highest BCUT2D eigenvalue weighted by Crippen LogP contribution is 1.98. The molecule has 0 spiro atoms. The van der Waals surface area contributed by atoms with Gasteiger partial charge in [-0.3, -0.25) is 0 Å². The van der Waals surface area contributed by atoms with Gasteiger partial charge in [0.05, 0.1) is 0 Å². The van der Waals surface area contributed by atoms with Gasteiger partial charge >= 0.3 is 0 Å². The number of unbranched alkanes of at least 4 members (excludes halogenated alkanes) is 3. The molecular weight excluding hydrogens is 176 g/mol. The Labute approximate surface area is 88.0 Å². The van der Waals surface area contributed by atoms with Crippen LogP contribution in [0.25, 0.3) is 0 Å². The van der Waals surface area contributed by atoms with Crippen LogP contribution in [0.3, 0.4) is 0 Å². The van der Waals surface area contributed by atoms with E-state index in [-0.39, 0.29) is 6.61 Å². The highest BCUT2D eigenvalue weighted by atomic mass is 16.5. The predicted octanol–water partition coefficient (Wildman–Crippen LogP) is 2.91. The van der Waals surface area contributed by atoms with Gasteiger partial charge in [0.15, 0.2) is 0 Å². The van der Waals surface area contributed by atoms with Gasteiger partial charge in [-0.2, -0.15) is 0 Å². The first-order chi connectivity index (χ1) is 6.91. The summed E-state index contributed by atoms with van der Waals surface area (Å²) < 4.78 is 5.41. The Hall–Kier alpha value is -0.340. The Morgan fingerprint density at radius 3 is 2.36 bits per heavy atom. The average molecular weight is 200 g/mol. The van der Waals surface area contributed by atoms with Gasteiger partial charge in [0.2, 0.25) is 0 Å². The third kappa shape index (κ3) is 11.7. The van der Waals surface area contributed by atoms with Crippen LogP contribution in [0, 0.1) is 0 Å². The van der Waals surface area contributed by atoms with Crippen LogP contribution in [0.4, 0.5) is 0 Å². The van der Waals surface area contributed by atoms with Crippen LogP contribution in [0.5, 0.6) is 0 Å². The lowest BCUT2D eigenvalue weighted by Crippen LogP contribution is -1.97. The molecule has 0 aliphatic carbocycles. The summed E-state index contributed by atoms with van der Waals surface area (Å²) in [7, 11) is 0. The normalized spacial score (nSPS) is 11.3. The molecule has 0 amide bonds. The summed E-state index contributed by atoms with van der Waals surface area (Å²) in [6.45, 7) is 4.10. The molecular formula is C12H24O2. The lowest BCUT2D eigenvalue weighted by molar-refractivity contribution is 0.122. The van der Waals surface area contributed by atoms with E-state index in [1.807, 2.05) is 0 Å². The smallest absolute Gasteiger partial charge is 0.0466 e. The zero-order valence-corrected chi connectivity index (χ0v) is 9.37. The number of ether oxygens (including phenoxy) is 1. The Morgan fingerprint density at radius 2 is 1.71 bits per heavy atom. The molecule has 0 atom stereocenters. The van der Waals surface area contributed by atoms with E-state index in [1.54, 1.807) is 0 Å². The fraction of sp³-hybridized carbons (Fsp3) is 0.833. The second-order valence-electron chi connectivity index (χ2n) is 3.42. The molecule has 0 unspecified atom stereocenters. The van der Waals surface area contributed by atoms with Crippen LogP contribution in [0.2, 0.25) is 0 Å². The molecule has 0 aromatic heterocycles. The molecule has 2 nitrogen and oxygen atoms in total. The fourth-order valence-electron chi connectivity index (χ4n) is 1.17. The third-order valence-corrected chi connectivity index (χ3v) is 2.01. The minimum absolute atomic E-state index is 0.283. The van der Waals surface area contributed by atoms with Crippen molar-refractivity contribution in [3.8, 4) is 0 Å². The fourth-order valence-corrected chi connectivity index (χ4v) is 1.17. The quantitative estimate of drug-likeness (QED) is 0.434. The maximum Gasteiger partial charge on any atom is 0.0466 e. The minimum Gasteiger partial charge on any atom is -0.396 e. The van der Waals surface area contributed by atoms with E-state index < -0.39 is 0 Å². The van der Waals surface area contributed by atoms with Crippen molar-refractivity contribution in [3.05, 3.63) is 12.2 Å². The summed E-state index contributed by atoms with van der Waals surface area (Å²) in [4.78, 5) is 0. The Balaban J connectivity index is 2.88. The summed E-state index contributed by atoms with van der Waals surface area (Å²) in [5.41, 5.74) is 0. The van der Waals surface area contributed by atoms with E-state index in [2.05, 4.69) is 19.1 Å². The van der Waals surface area contributed by atoms with E-state index in [0.29, 0.717) is 0 Å². The minimum atomic E-state index is 0.283. The van der Waals surface area contributed by atoms with Crippen LogP contribution in [0.15, 0.2) is 12.2 Å². The molecule has 0 heterocycles. The number of allylic oxidation sites excluding steroid dienone is 2. The molecule has 14 heavy (non-hydrogen) atoms. The highest BCUT2D eigenvalue weighted by molar-refractivity contribution is 4.79. The SMILES string of the molecule is CC/C=C\CCCCOCCCCO. The standard InChI is InChI=1S/C12H24O2/c1-2-3-4-5-6-8-11-14-12-9-7-10-13/h3-4,13H,2,5-12H2,1H3/b4-3-. The second kappa shape index (κ2) is 12.7. The van der Waals surface area contributed by atoms with E-state index in [0.717, 1.165) is 38.9 Å².